The zero-order valence-corrected chi connectivity index (χ0v) is 21.4. The fraction of sp³-hybridized carbons (Fsp3) is 0.593. The van der Waals surface area contributed by atoms with Gasteiger partial charge in [-0.3, -0.25) is 0 Å². The third-order valence-electron chi connectivity index (χ3n) is 7.06. The number of nitrogens with zero attached hydrogens (tertiary/aromatic N) is 1. The Hall–Kier alpha value is -1.41. The number of hydrogen-bond acceptors (Lipinski definition) is 0. The molecule has 0 amide bonds. The molecule has 1 aromatic carbocycles. The number of aryl methyl sites for hydroxylation is 2. The lowest BCUT2D eigenvalue weighted by Gasteiger charge is -2.37. The maximum Gasteiger partial charge on any atom is 0.212 e. The lowest BCUT2D eigenvalue weighted by Crippen LogP contribution is -2.49. The van der Waals surface area contributed by atoms with Crippen LogP contribution in [0, 0.1) is 6.92 Å². The van der Waals surface area contributed by atoms with Crippen molar-refractivity contribution in [3.8, 4) is 11.3 Å². The van der Waals surface area contributed by atoms with E-state index in [9.17, 15) is 0 Å². The molecular formula is C27H42NSi+. The van der Waals surface area contributed by atoms with Gasteiger partial charge in [0.05, 0.1) is 8.07 Å². The van der Waals surface area contributed by atoms with Crippen molar-refractivity contribution in [3.05, 3.63) is 47.2 Å². The molecular weight excluding hydrogens is 366 g/mol. The lowest BCUT2D eigenvalue weighted by molar-refractivity contribution is -0.660. The third kappa shape index (κ3) is 4.53. The summed E-state index contributed by atoms with van der Waals surface area (Å²) in [5, 5.41) is 1.66. The summed E-state index contributed by atoms with van der Waals surface area (Å²) in [6, 6.07) is 9.62. The van der Waals surface area contributed by atoms with Crippen molar-refractivity contribution in [2.75, 3.05) is 0 Å². The number of benzene rings is 1. The summed E-state index contributed by atoms with van der Waals surface area (Å²) in [5.74, 6) is 0. The molecule has 0 atom stereocenters. The molecule has 0 radical (unpaired) electrons. The second kappa shape index (κ2) is 7.69. The summed E-state index contributed by atoms with van der Waals surface area (Å²) in [5.41, 5.74) is 7.70. The minimum absolute atomic E-state index is 0.189. The summed E-state index contributed by atoms with van der Waals surface area (Å²) in [7, 11) is 0.779. The van der Waals surface area contributed by atoms with Gasteiger partial charge in [-0.05, 0) is 53.0 Å². The molecule has 0 N–H and O–H groups in total. The number of aromatic nitrogens is 1. The topological polar surface area (TPSA) is 3.88 Å². The molecule has 0 bridgehead atoms. The smallest absolute Gasteiger partial charge is 0.201 e. The van der Waals surface area contributed by atoms with E-state index in [1.807, 2.05) is 0 Å². The van der Waals surface area contributed by atoms with Gasteiger partial charge in [-0.1, -0.05) is 78.7 Å². The van der Waals surface area contributed by atoms with Gasteiger partial charge in [-0.15, -0.1) is 0 Å². The quantitative estimate of drug-likeness (QED) is 0.400. The molecule has 29 heavy (non-hydrogen) atoms. The van der Waals surface area contributed by atoms with Gasteiger partial charge >= 0.3 is 0 Å². The minimum Gasteiger partial charge on any atom is -0.201 e. The Kier molecular flexibility index (Phi) is 5.90. The second-order valence-electron chi connectivity index (χ2n) is 11.7. The predicted molar refractivity (Wildman–Crippen MR) is 130 cm³/mol. The van der Waals surface area contributed by atoms with Crippen LogP contribution in [0.25, 0.3) is 11.3 Å². The van der Waals surface area contributed by atoms with Crippen LogP contribution in [0.2, 0.25) is 19.6 Å². The van der Waals surface area contributed by atoms with Gasteiger partial charge in [-0.2, -0.15) is 0 Å². The van der Waals surface area contributed by atoms with E-state index < -0.39 is 8.07 Å². The molecule has 1 saturated carbocycles. The van der Waals surface area contributed by atoms with Crippen molar-refractivity contribution in [2.45, 2.75) is 97.2 Å². The molecule has 1 heterocycles. The SMILES string of the molecule is Cc1cc(C(C)(C)C)ccc1-c1cc([Si](C)(C)C)c(C2(C)CCCCC2)c[n+]1C. The molecule has 0 saturated heterocycles. The first-order valence-electron chi connectivity index (χ1n) is 11.5. The van der Waals surface area contributed by atoms with Crippen molar-refractivity contribution >= 4 is 13.3 Å². The summed E-state index contributed by atoms with van der Waals surface area (Å²) in [4.78, 5) is 0. The van der Waals surface area contributed by atoms with E-state index in [0.717, 1.165) is 0 Å². The van der Waals surface area contributed by atoms with Gasteiger partial charge in [0.25, 0.3) is 0 Å². The average molecular weight is 409 g/mol. The van der Waals surface area contributed by atoms with Crippen LogP contribution in [0.1, 0.15) is 76.5 Å². The summed E-state index contributed by atoms with van der Waals surface area (Å²) in [6.45, 7) is 19.2. The molecule has 3 rings (SSSR count). The summed E-state index contributed by atoms with van der Waals surface area (Å²) >= 11 is 0. The monoisotopic (exact) mass is 408 g/mol. The molecule has 1 nitrogen and oxygen atoms in total. The molecule has 1 aliphatic carbocycles. The van der Waals surface area contributed by atoms with Gasteiger partial charge in [0.1, 0.15) is 7.05 Å². The predicted octanol–water partition coefficient (Wildman–Crippen LogP) is 6.55. The van der Waals surface area contributed by atoms with Crippen LogP contribution in [-0.4, -0.2) is 8.07 Å². The van der Waals surface area contributed by atoms with Gasteiger partial charge in [0.2, 0.25) is 5.69 Å². The van der Waals surface area contributed by atoms with E-state index in [2.05, 4.69) is 96.3 Å². The lowest BCUT2D eigenvalue weighted by atomic mass is 9.71. The Balaban J connectivity index is 2.17. The second-order valence-corrected chi connectivity index (χ2v) is 16.8. The Bertz CT molecular complexity index is 890. The highest BCUT2D eigenvalue weighted by atomic mass is 28.3. The van der Waals surface area contributed by atoms with Crippen molar-refractivity contribution < 1.29 is 4.57 Å². The van der Waals surface area contributed by atoms with Crippen molar-refractivity contribution in [1.29, 1.82) is 0 Å². The largest absolute Gasteiger partial charge is 0.212 e. The highest BCUT2D eigenvalue weighted by molar-refractivity contribution is 6.89. The molecule has 158 valence electrons. The van der Waals surface area contributed by atoms with E-state index >= 15 is 0 Å². The Morgan fingerprint density at radius 3 is 2.10 bits per heavy atom. The van der Waals surface area contributed by atoms with Gasteiger partial charge in [0.15, 0.2) is 6.20 Å². The van der Waals surface area contributed by atoms with Crippen LogP contribution in [0.15, 0.2) is 30.5 Å². The molecule has 1 fully saturated rings. The van der Waals surface area contributed by atoms with Crippen LogP contribution in [0.5, 0.6) is 0 Å². The van der Waals surface area contributed by atoms with Crippen LogP contribution >= 0.6 is 0 Å². The Labute approximate surface area is 180 Å². The van der Waals surface area contributed by atoms with Crippen LogP contribution in [-0.2, 0) is 17.9 Å². The van der Waals surface area contributed by atoms with Crippen LogP contribution < -0.4 is 9.75 Å². The first-order chi connectivity index (χ1) is 13.3. The molecule has 2 heteroatoms. The molecule has 1 aliphatic rings. The first-order valence-corrected chi connectivity index (χ1v) is 15.0. The zero-order chi connectivity index (χ0) is 21.6. The molecule has 0 aliphatic heterocycles. The fourth-order valence-corrected chi connectivity index (χ4v) is 6.78. The molecule has 0 unspecified atom stereocenters. The summed E-state index contributed by atoms with van der Waals surface area (Å²) in [6.07, 6.45) is 9.32. The maximum absolute atomic E-state index is 2.56. The van der Waals surface area contributed by atoms with E-state index in [0.29, 0.717) is 5.41 Å². The highest BCUT2D eigenvalue weighted by Gasteiger charge is 2.37. The van der Waals surface area contributed by atoms with E-state index in [1.165, 1.54) is 54.5 Å². The molecule has 1 aromatic heterocycles. The van der Waals surface area contributed by atoms with Crippen molar-refractivity contribution in [2.24, 2.45) is 7.05 Å². The van der Waals surface area contributed by atoms with Gasteiger partial charge in [-0.25, -0.2) is 4.57 Å². The molecule has 2 aromatic rings. The summed E-state index contributed by atoms with van der Waals surface area (Å²) < 4.78 is 2.40. The minimum atomic E-state index is -1.47. The third-order valence-corrected chi connectivity index (χ3v) is 9.09. The van der Waals surface area contributed by atoms with Gasteiger partial charge in [0, 0.05) is 17.2 Å². The van der Waals surface area contributed by atoms with Gasteiger partial charge < -0.3 is 0 Å². The zero-order valence-electron chi connectivity index (χ0n) is 20.4. The standard InChI is InChI=1S/C27H42NSi/c1-20-17-21(26(2,3)4)13-14-22(20)24-18-25(29(7,8)9)23(19-28(24)6)27(5)15-11-10-12-16-27/h13-14,17-19H,10-12,15-16H2,1-9H3/q+1. The number of rotatable bonds is 3. The number of pyridine rings is 1. The highest BCUT2D eigenvalue weighted by Crippen LogP contribution is 2.39. The first kappa shape index (κ1) is 22.3. The molecule has 0 spiro atoms. The van der Waals surface area contributed by atoms with E-state index in [1.54, 1.807) is 10.8 Å². The Morgan fingerprint density at radius 1 is 0.966 bits per heavy atom. The van der Waals surface area contributed by atoms with Crippen LogP contribution in [0.4, 0.5) is 0 Å². The van der Waals surface area contributed by atoms with Crippen molar-refractivity contribution in [3.63, 3.8) is 0 Å². The number of hydrogen-bond donors (Lipinski definition) is 0. The normalized spacial score (nSPS) is 17.4. The van der Waals surface area contributed by atoms with Crippen LogP contribution in [0.3, 0.4) is 0 Å². The fourth-order valence-electron chi connectivity index (χ4n) is 5.04. The van der Waals surface area contributed by atoms with E-state index in [-0.39, 0.29) is 5.41 Å². The average Bonchev–Trinajstić information content (AvgIpc) is 2.60. The van der Waals surface area contributed by atoms with Crippen molar-refractivity contribution in [1.82, 2.24) is 0 Å². The van der Waals surface area contributed by atoms with E-state index in [4.69, 9.17) is 0 Å². The maximum atomic E-state index is 2.56. The Morgan fingerprint density at radius 2 is 1.59 bits per heavy atom.